The van der Waals surface area contributed by atoms with Crippen molar-refractivity contribution in [2.45, 2.75) is 24.2 Å². The molecule has 1 aliphatic heterocycles. The van der Waals surface area contributed by atoms with Gasteiger partial charge in [-0.15, -0.1) is 0 Å². The first-order valence-electron chi connectivity index (χ1n) is 10.2. The lowest BCUT2D eigenvalue weighted by Crippen LogP contribution is -2.37. The number of methoxy groups -OCH3 is 1. The van der Waals surface area contributed by atoms with Gasteiger partial charge in [0.2, 0.25) is 26.0 Å². The van der Waals surface area contributed by atoms with E-state index in [0.29, 0.717) is 18.8 Å². The van der Waals surface area contributed by atoms with Crippen LogP contribution in [0.1, 0.15) is 19.3 Å². The third-order valence-electron chi connectivity index (χ3n) is 5.18. The molecule has 0 aliphatic carbocycles. The summed E-state index contributed by atoms with van der Waals surface area (Å²) >= 11 is 3.29. The number of nitrogens with zero attached hydrogens (tertiary/aromatic N) is 2. The molecule has 180 valence electrons. The molecule has 1 N–H and O–H groups in total. The van der Waals surface area contributed by atoms with Crippen molar-refractivity contribution in [2.75, 3.05) is 42.6 Å². The molecular weight excluding hydrogens is 534 g/mol. The molecule has 12 heteroatoms. The quantitative estimate of drug-likeness (QED) is 0.531. The second-order valence-electron chi connectivity index (χ2n) is 7.62. The van der Waals surface area contributed by atoms with E-state index in [0.717, 1.165) is 34.3 Å². The van der Waals surface area contributed by atoms with Crippen molar-refractivity contribution in [3.8, 4) is 5.75 Å². The number of rotatable bonds is 8. The zero-order chi connectivity index (χ0) is 24.2. The van der Waals surface area contributed by atoms with Gasteiger partial charge in [0.05, 0.1) is 19.1 Å². The minimum atomic E-state index is -3.81. The topological polar surface area (TPSA) is 113 Å². The lowest BCUT2D eigenvalue weighted by molar-refractivity contribution is -0.114. The van der Waals surface area contributed by atoms with Crippen molar-refractivity contribution in [3.05, 3.63) is 46.9 Å². The monoisotopic (exact) mass is 559 g/mol. The van der Waals surface area contributed by atoms with E-state index in [-0.39, 0.29) is 16.3 Å². The predicted octanol–water partition coefficient (Wildman–Crippen LogP) is 3.04. The van der Waals surface area contributed by atoms with Gasteiger partial charge in [0.25, 0.3) is 0 Å². The Morgan fingerprint density at radius 3 is 2.27 bits per heavy atom. The van der Waals surface area contributed by atoms with E-state index in [1.54, 1.807) is 24.3 Å². The zero-order valence-electron chi connectivity index (χ0n) is 18.3. The molecule has 0 unspecified atom stereocenters. The summed E-state index contributed by atoms with van der Waals surface area (Å²) in [4.78, 5) is 12.7. The first kappa shape index (κ1) is 25.5. The molecule has 33 heavy (non-hydrogen) atoms. The number of amides is 1. The maximum atomic E-state index is 13.2. The number of carbonyl (C=O) groups excluding carboxylic acids is 1. The highest BCUT2D eigenvalue weighted by atomic mass is 79.9. The molecule has 9 nitrogen and oxygen atoms in total. The van der Waals surface area contributed by atoms with Crippen LogP contribution in [0.2, 0.25) is 0 Å². The van der Waals surface area contributed by atoms with E-state index >= 15 is 0 Å². The molecular formula is C21H26BrN3O6S2. The molecule has 2 aromatic rings. The lowest BCUT2D eigenvalue weighted by atomic mass is 10.2. The smallest absolute Gasteiger partial charge is 0.246 e. The van der Waals surface area contributed by atoms with Crippen LogP contribution in [0.4, 0.5) is 11.4 Å². The van der Waals surface area contributed by atoms with Crippen LogP contribution in [0.5, 0.6) is 5.75 Å². The maximum absolute atomic E-state index is 13.2. The van der Waals surface area contributed by atoms with Gasteiger partial charge < -0.3 is 10.1 Å². The second kappa shape index (κ2) is 10.4. The Bertz CT molecular complexity index is 1210. The van der Waals surface area contributed by atoms with Crippen molar-refractivity contribution in [3.63, 3.8) is 0 Å². The number of anilines is 2. The summed E-state index contributed by atoms with van der Waals surface area (Å²) < 4.78 is 59.3. The number of ether oxygens (including phenoxy) is 1. The first-order chi connectivity index (χ1) is 15.5. The Kier molecular flexibility index (Phi) is 8.04. The molecule has 1 saturated heterocycles. The Morgan fingerprint density at radius 1 is 1.06 bits per heavy atom. The second-order valence-corrected chi connectivity index (χ2v) is 12.4. The van der Waals surface area contributed by atoms with Crippen LogP contribution in [-0.4, -0.2) is 60.0 Å². The third kappa shape index (κ3) is 6.25. The van der Waals surface area contributed by atoms with E-state index < -0.39 is 32.5 Å². The molecule has 1 amide bonds. The number of halogens is 1. The van der Waals surface area contributed by atoms with Crippen LogP contribution in [0.3, 0.4) is 0 Å². The largest absolute Gasteiger partial charge is 0.495 e. The average molecular weight is 560 g/mol. The Morgan fingerprint density at radius 2 is 1.70 bits per heavy atom. The molecule has 0 atom stereocenters. The highest BCUT2D eigenvalue weighted by Crippen LogP contribution is 2.31. The average Bonchev–Trinajstić information content (AvgIpc) is 2.78. The van der Waals surface area contributed by atoms with Crippen molar-refractivity contribution < 1.29 is 26.4 Å². The van der Waals surface area contributed by atoms with Crippen molar-refractivity contribution in [1.29, 1.82) is 0 Å². The van der Waals surface area contributed by atoms with E-state index in [1.165, 1.54) is 29.6 Å². The van der Waals surface area contributed by atoms with Gasteiger partial charge in [0.15, 0.2) is 0 Å². The normalized spacial score (nSPS) is 15.1. The molecule has 0 aromatic heterocycles. The van der Waals surface area contributed by atoms with E-state index in [9.17, 15) is 21.6 Å². The lowest BCUT2D eigenvalue weighted by Gasteiger charge is -2.26. The van der Waals surface area contributed by atoms with Crippen molar-refractivity contribution in [1.82, 2.24) is 4.31 Å². The molecule has 2 aromatic carbocycles. The fourth-order valence-electron chi connectivity index (χ4n) is 3.54. The summed E-state index contributed by atoms with van der Waals surface area (Å²) in [5.74, 6) is -0.443. The molecule has 0 radical (unpaired) electrons. The SMILES string of the molecule is COc1ccc(NC(=O)CN(c2ccc(Br)cc2)S(C)(=O)=O)cc1S(=O)(=O)N1CCCCC1. The molecule has 1 heterocycles. The van der Waals surface area contributed by atoms with Crippen molar-refractivity contribution >= 4 is 53.3 Å². The zero-order valence-corrected chi connectivity index (χ0v) is 21.5. The number of piperidine rings is 1. The first-order valence-corrected chi connectivity index (χ1v) is 14.3. The number of benzene rings is 2. The summed E-state index contributed by atoms with van der Waals surface area (Å²) in [5.41, 5.74) is 0.555. The Balaban J connectivity index is 1.84. The summed E-state index contributed by atoms with van der Waals surface area (Å²) in [7, 11) is -6.17. The van der Waals surface area contributed by atoms with Gasteiger partial charge in [-0.2, -0.15) is 4.31 Å². The van der Waals surface area contributed by atoms with Crippen molar-refractivity contribution in [2.24, 2.45) is 0 Å². The number of hydrogen-bond acceptors (Lipinski definition) is 6. The standard InChI is InChI=1S/C21H26BrN3O6S2/c1-31-19-11-8-17(14-20(19)33(29,30)24-12-4-3-5-13-24)23-21(26)15-25(32(2,27)28)18-9-6-16(22)7-10-18/h6-11,14H,3-5,12-13,15H2,1-2H3,(H,23,26). The molecule has 0 saturated carbocycles. The minimum Gasteiger partial charge on any atom is -0.495 e. The Hall–Kier alpha value is -2.15. The van der Waals surface area contributed by atoms with Gasteiger partial charge in [-0.3, -0.25) is 9.10 Å². The van der Waals surface area contributed by atoms with Gasteiger partial charge in [-0.1, -0.05) is 22.4 Å². The number of hydrogen-bond donors (Lipinski definition) is 1. The molecule has 1 fully saturated rings. The maximum Gasteiger partial charge on any atom is 0.246 e. The van der Waals surface area contributed by atoms with Crippen LogP contribution in [0.25, 0.3) is 0 Å². The van der Waals surface area contributed by atoms with Crippen LogP contribution < -0.4 is 14.4 Å². The number of nitrogens with one attached hydrogen (secondary N) is 1. The van der Waals surface area contributed by atoms with Gasteiger partial charge in [-0.25, -0.2) is 16.8 Å². The summed E-state index contributed by atoms with van der Waals surface area (Å²) in [5, 5.41) is 2.60. The molecule has 3 rings (SSSR count). The molecule has 1 aliphatic rings. The number of sulfonamides is 2. The van der Waals surface area contributed by atoms with Crippen LogP contribution in [0, 0.1) is 0 Å². The van der Waals surface area contributed by atoms with Crippen LogP contribution >= 0.6 is 15.9 Å². The molecule has 0 spiro atoms. The summed E-state index contributed by atoms with van der Waals surface area (Å²) in [6.45, 7) is 0.387. The van der Waals surface area contributed by atoms with Gasteiger partial charge in [0.1, 0.15) is 17.2 Å². The molecule has 0 bridgehead atoms. The van der Waals surface area contributed by atoms with E-state index in [2.05, 4.69) is 21.2 Å². The van der Waals surface area contributed by atoms with E-state index in [1.807, 2.05) is 0 Å². The summed E-state index contributed by atoms with van der Waals surface area (Å²) in [6, 6.07) is 10.8. The highest BCUT2D eigenvalue weighted by Gasteiger charge is 2.29. The van der Waals surface area contributed by atoms with Gasteiger partial charge in [-0.05, 0) is 55.3 Å². The van der Waals surface area contributed by atoms with Crippen LogP contribution in [-0.2, 0) is 24.8 Å². The summed E-state index contributed by atoms with van der Waals surface area (Å²) in [6.07, 6.45) is 3.57. The highest BCUT2D eigenvalue weighted by molar-refractivity contribution is 9.10. The minimum absolute atomic E-state index is 0.0439. The fraction of sp³-hybridized carbons (Fsp3) is 0.381. The van der Waals surface area contributed by atoms with Gasteiger partial charge >= 0.3 is 0 Å². The number of carbonyl (C=O) groups is 1. The fourth-order valence-corrected chi connectivity index (χ4v) is 6.36. The van der Waals surface area contributed by atoms with Crippen LogP contribution in [0.15, 0.2) is 51.8 Å². The third-order valence-corrected chi connectivity index (χ3v) is 8.77. The Labute approximate surface area is 203 Å². The predicted molar refractivity (Wildman–Crippen MR) is 131 cm³/mol. The van der Waals surface area contributed by atoms with Gasteiger partial charge in [0, 0.05) is 23.2 Å². The van der Waals surface area contributed by atoms with E-state index in [4.69, 9.17) is 4.74 Å².